The molecular formula is C16H21N5O. The van der Waals surface area contributed by atoms with Crippen LogP contribution in [0.5, 0.6) is 0 Å². The number of hydrogen-bond acceptors (Lipinski definition) is 2. The molecule has 3 rings (SSSR count). The normalized spacial score (nSPS) is 17.6. The lowest BCUT2D eigenvalue weighted by molar-refractivity contribution is -0.122. The smallest absolute Gasteiger partial charge is 0.227 e. The van der Waals surface area contributed by atoms with Gasteiger partial charge in [0.1, 0.15) is 0 Å². The summed E-state index contributed by atoms with van der Waals surface area (Å²) in [5, 5.41) is 4.22. The largest absolute Gasteiger partial charge is 0.370 e. The van der Waals surface area contributed by atoms with E-state index in [0.29, 0.717) is 13.1 Å². The van der Waals surface area contributed by atoms with E-state index in [2.05, 4.69) is 27.4 Å². The first-order valence-electron chi connectivity index (χ1n) is 7.59. The second-order valence-electron chi connectivity index (χ2n) is 5.63. The van der Waals surface area contributed by atoms with Gasteiger partial charge in [-0.15, -0.1) is 0 Å². The van der Waals surface area contributed by atoms with E-state index in [1.54, 1.807) is 0 Å². The summed E-state index contributed by atoms with van der Waals surface area (Å²) < 4.78 is 0. The summed E-state index contributed by atoms with van der Waals surface area (Å²) in [5.41, 5.74) is 14.1. The molecule has 1 amide bonds. The number of carbonyl (C=O) groups excluding carboxylic acids is 1. The van der Waals surface area contributed by atoms with Gasteiger partial charge >= 0.3 is 0 Å². The standard InChI is InChI=1S/C16H21N5O/c17-16(18)20-7-2-4-12-11-3-1-5-13-14(11)10(9-21-13)6-8-19-15(12)22/h1,3,5,9,12,21H,2,4,6-8H2,(H,19,22)(H4,17,18,20). The SMILES string of the molecule is NC(N)=NCCCC1C(=O)NCCc2c[nH]c3cccc1c23. The summed E-state index contributed by atoms with van der Waals surface area (Å²) in [7, 11) is 0. The molecule has 0 fully saturated rings. The molecule has 2 heterocycles. The number of aliphatic imine (C=N–C) groups is 1. The minimum atomic E-state index is -0.159. The first kappa shape index (κ1) is 14.4. The minimum Gasteiger partial charge on any atom is -0.370 e. The maximum atomic E-state index is 12.5. The molecule has 1 aliphatic heterocycles. The molecule has 0 bridgehead atoms. The van der Waals surface area contributed by atoms with Gasteiger partial charge in [0.25, 0.3) is 0 Å². The topological polar surface area (TPSA) is 109 Å². The van der Waals surface area contributed by atoms with Crippen molar-refractivity contribution in [2.75, 3.05) is 13.1 Å². The van der Waals surface area contributed by atoms with Gasteiger partial charge in [0.2, 0.25) is 5.91 Å². The van der Waals surface area contributed by atoms with E-state index in [4.69, 9.17) is 11.5 Å². The Kier molecular flexibility index (Phi) is 4.00. The van der Waals surface area contributed by atoms with Gasteiger partial charge in [-0.05, 0) is 36.5 Å². The zero-order valence-corrected chi connectivity index (χ0v) is 12.4. The Morgan fingerprint density at radius 3 is 3.05 bits per heavy atom. The summed E-state index contributed by atoms with van der Waals surface area (Å²) in [6.07, 6.45) is 4.39. The second-order valence-corrected chi connectivity index (χ2v) is 5.63. The second kappa shape index (κ2) is 6.09. The Hall–Kier alpha value is -2.50. The average Bonchev–Trinajstić information content (AvgIpc) is 2.89. The van der Waals surface area contributed by atoms with Crippen LogP contribution in [0.3, 0.4) is 0 Å². The van der Waals surface area contributed by atoms with E-state index in [1.807, 2.05) is 12.3 Å². The first-order valence-corrected chi connectivity index (χ1v) is 7.59. The molecule has 6 N–H and O–H groups in total. The zero-order chi connectivity index (χ0) is 15.5. The highest BCUT2D eigenvalue weighted by Gasteiger charge is 2.25. The molecule has 0 aliphatic carbocycles. The van der Waals surface area contributed by atoms with Crippen LogP contribution in [0.1, 0.15) is 29.9 Å². The van der Waals surface area contributed by atoms with Crippen molar-refractivity contribution in [2.45, 2.75) is 25.2 Å². The zero-order valence-electron chi connectivity index (χ0n) is 12.4. The first-order chi connectivity index (χ1) is 10.7. The van der Waals surface area contributed by atoms with Crippen LogP contribution in [0.25, 0.3) is 10.9 Å². The van der Waals surface area contributed by atoms with Crippen LogP contribution in [0.4, 0.5) is 0 Å². The lowest BCUT2D eigenvalue weighted by Gasteiger charge is -2.21. The molecule has 116 valence electrons. The number of aromatic nitrogens is 1. The van der Waals surface area contributed by atoms with Crippen LogP contribution in [-0.2, 0) is 11.2 Å². The molecule has 6 heteroatoms. The maximum absolute atomic E-state index is 12.5. The quantitative estimate of drug-likeness (QED) is 0.384. The van der Waals surface area contributed by atoms with Crippen molar-refractivity contribution >= 4 is 22.8 Å². The Balaban J connectivity index is 1.92. The van der Waals surface area contributed by atoms with Gasteiger partial charge in [-0.3, -0.25) is 9.79 Å². The fraction of sp³-hybridized carbons (Fsp3) is 0.375. The molecule has 0 saturated heterocycles. The molecule has 0 radical (unpaired) electrons. The summed E-state index contributed by atoms with van der Waals surface area (Å²) >= 11 is 0. The molecule has 6 nitrogen and oxygen atoms in total. The number of aromatic amines is 1. The van der Waals surface area contributed by atoms with E-state index in [-0.39, 0.29) is 17.8 Å². The molecule has 1 aromatic carbocycles. The number of H-pyrrole nitrogens is 1. The predicted octanol–water partition coefficient (Wildman–Crippen LogP) is 0.977. The molecule has 1 aliphatic rings. The molecular weight excluding hydrogens is 278 g/mol. The highest BCUT2D eigenvalue weighted by atomic mass is 16.1. The van der Waals surface area contributed by atoms with Crippen molar-refractivity contribution in [1.82, 2.24) is 10.3 Å². The minimum absolute atomic E-state index is 0.0871. The highest BCUT2D eigenvalue weighted by molar-refractivity contribution is 5.94. The van der Waals surface area contributed by atoms with Gasteiger partial charge < -0.3 is 21.8 Å². The van der Waals surface area contributed by atoms with Crippen molar-refractivity contribution in [3.63, 3.8) is 0 Å². The van der Waals surface area contributed by atoms with Gasteiger partial charge in [-0.1, -0.05) is 12.1 Å². The van der Waals surface area contributed by atoms with Crippen LogP contribution in [0.2, 0.25) is 0 Å². The van der Waals surface area contributed by atoms with E-state index in [0.717, 1.165) is 30.3 Å². The summed E-state index contributed by atoms with van der Waals surface area (Å²) in [5.74, 6) is 0.0222. The Labute approximate surface area is 129 Å². The maximum Gasteiger partial charge on any atom is 0.227 e. The van der Waals surface area contributed by atoms with Gasteiger partial charge in [0.15, 0.2) is 5.96 Å². The Morgan fingerprint density at radius 2 is 2.23 bits per heavy atom. The number of nitrogens with two attached hydrogens (primary N) is 2. The van der Waals surface area contributed by atoms with Crippen molar-refractivity contribution in [1.29, 1.82) is 0 Å². The number of rotatable bonds is 4. The highest BCUT2D eigenvalue weighted by Crippen LogP contribution is 2.32. The van der Waals surface area contributed by atoms with Crippen molar-refractivity contribution in [3.05, 3.63) is 35.5 Å². The molecule has 0 spiro atoms. The fourth-order valence-electron chi connectivity index (χ4n) is 3.15. The van der Waals surface area contributed by atoms with Gasteiger partial charge in [-0.2, -0.15) is 0 Å². The third-order valence-electron chi connectivity index (χ3n) is 4.15. The molecule has 1 unspecified atom stereocenters. The Bertz CT molecular complexity index is 714. The lowest BCUT2D eigenvalue weighted by atomic mass is 9.88. The molecule has 22 heavy (non-hydrogen) atoms. The summed E-state index contributed by atoms with van der Waals surface area (Å²) in [6.45, 7) is 1.21. The fourth-order valence-corrected chi connectivity index (χ4v) is 3.15. The number of carbonyl (C=O) groups is 1. The summed E-state index contributed by atoms with van der Waals surface area (Å²) in [6, 6.07) is 6.10. The number of nitrogens with zero attached hydrogens (tertiary/aromatic N) is 1. The lowest BCUT2D eigenvalue weighted by Crippen LogP contribution is -2.32. The summed E-state index contributed by atoms with van der Waals surface area (Å²) in [4.78, 5) is 19.8. The van der Waals surface area contributed by atoms with Crippen molar-refractivity contribution in [3.8, 4) is 0 Å². The average molecular weight is 299 g/mol. The number of guanidine groups is 1. The molecule has 1 aromatic heterocycles. The predicted molar refractivity (Wildman–Crippen MR) is 87.7 cm³/mol. The number of benzene rings is 1. The van der Waals surface area contributed by atoms with Gasteiger partial charge in [-0.25, -0.2) is 0 Å². The van der Waals surface area contributed by atoms with Gasteiger partial charge in [0, 0.05) is 30.2 Å². The van der Waals surface area contributed by atoms with Crippen LogP contribution in [0, 0.1) is 0 Å². The number of nitrogens with one attached hydrogen (secondary N) is 2. The van der Waals surface area contributed by atoms with E-state index < -0.39 is 0 Å². The van der Waals surface area contributed by atoms with E-state index in [1.165, 1.54) is 10.9 Å². The third kappa shape index (κ3) is 2.77. The number of amides is 1. The monoisotopic (exact) mass is 299 g/mol. The van der Waals surface area contributed by atoms with Crippen molar-refractivity contribution < 1.29 is 4.79 Å². The van der Waals surface area contributed by atoms with Crippen molar-refractivity contribution in [2.24, 2.45) is 16.5 Å². The Morgan fingerprint density at radius 1 is 1.36 bits per heavy atom. The molecule has 2 aromatic rings. The molecule has 0 saturated carbocycles. The van der Waals surface area contributed by atoms with Crippen LogP contribution in [0.15, 0.2) is 29.4 Å². The van der Waals surface area contributed by atoms with E-state index in [9.17, 15) is 4.79 Å². The third-order valence-corrected chi connectivity index (χ3v) is 4.15. The molecule has 1 atom stereocenters. The van der Waals surface area contributed by atoms with Gasteiger partial charge in [0.05, 0.1) is 5.92 Å². The number of hydrogen-bond donors (Lipinski definition) is 4. The van der Waals surface area contributed by atoms with Crippen LogP contribution >= 0.6 is 0 Å². The van der Waals surface area contributed by atoms with Crippen LogP contribution in [-0.4, -0.2) is 29.9 Å². The van der Waals surface area contributed by atoms with Crippen LogP contribution < -0.4 is 16.8 Å². The van der Waals surface area contributed by atoms with E-state index >= 15 is 0 Å².